The maximum Gasteiger partial charge on any atom is 0.308 e. The monoisotopic (exact) mass is 211 g/mol. The molecule has 0 fully saturated rings. The van der Waals surface area contributed by atoms with Gasteiger partial charge in [-0.3, -0.25) is 9.78 Å². The van der Waals surface area contributed by atoms with E-state index in [1.54, 1.807) is 12.1 Å². The van der Waals surface area contributed by atoms with Crippen LogP contribution in [0.4, 0.5) is 0 Å². The highest BCUT2D eigenvalue weighted by Gasteiger charge is 2.21. The Labute approximate surface area is 87.3 Å². The van der Waals surface area contributed by atoms with Gasteiger partial charge in [0.05, 0.1) is 19.6 Å². The van der Waals surface area contributed by atoms with Gasteiger partial charge < -0.3 is 14.9 Å². The van der Waals surface area contributed by atoms with E-state index in [9.17, 15) is 15.0 Å². The molecule has 0 aliphatic rings. The lowest BCUT2D eigenvalue weighted by Gasteiger charge is -2.16. The van der Waals surface area contributed by atoms with Gasteiger partial charge in [-0.1, -0.05) is 0 Å². The number of carbonyl (C=O) groups is 1. The van der Waals surface area contributed by atoms with E-state index in [1.807, 2.05) is 0 Å². The number of aromatic nitrogens is 1. The molecule has 1 heterocycles. The number of hydrogen-bond acceptors (Lipinski definition) is 5. The van der Waals surface area contributed by atoms with E-state index in [4.69, 9.17) is 0 Å². The Morgan fingerprint density at radius 2 is 2.07 bits per heavy atom. The van der Waals surface area contributed by atoms with Crippen molar-refractivity contribution in [1.82, 2.24) is 4.98 Å². The first-order valence-electron chi connectivity index (χ1n) is 4.48. The van der Waals surface area contributed by atoms with Crippen molar-refractivity contribution in [2.24, 2.45) is 0 Å². The molecule has 82 valence electrons. The Morgan fingerprint density at radius 3 is 2.60 bits per heavy atom. The zero-order valence-electron chi connectivity index (χ0n) is 8.33. The van der Waals surface area contributed by atoms with Crippen LogP contribution in [0.15, 0.2) is 24.5 Å². The SMILES string of the molecule is COC(=O)CC(O)C(O)c1ccncc1. The highest BCUT2D eigenvalue weighted by Crippen LogP contribution is 2.17. The summed E-state index contributed by atoms with van der Waals surface area (Å²) >= 11 is 0. The van der Waals surface area contributed by atoms with Crippen molar-refractivity contribution in [2.75, 3.05) is 7.11 Å². The Kier molecular flexibility index (Phi) is 4.20. The number of ether oxygens (including phenoxy) is 1. The fraction of sp³-hybridized carbons (Fsp3) is 0.400. The molecule has 1 rings (SSSR count). The Hall–Kier alpha value is -1.46. The molecule has 0 aliphatic carbocycles. The summed E-state index contributed by atoms with van der Waals surface area (Å²) in [4.78, 5) is 14.6. The third-order valence-corrected chi connectivity index (χ3v) is 2.02. The molecule has 2 N–H and O–H groups in total. The summed E-state index contributed by atoms with van der Waals surface area (Å²) in [6.07, 6.45) is 0.499. The lowest BCUT2D eigenvalue weighted by atomic mass is 10.0. The van der Waals surface area contributed by atoms with Gasteiger partial charge in [-0.25, -0.2) is 0 Å². The molecule has 2 unspecified atom stereocenters. The lowest BCUT2D eigenvalue weighted by Crippen LogP contribution is -2.22. The lowest BCUT2D eigenvalue weighted by molar-refractivity contribution is -0.144. The zero-order valence-corrected chi connectivity index (χ0v) is 8.33. The average molecular weight is 211 g/mol. The molecular formula is C10H13NO4. The normalized spacial score (nSPS) is 14.3. The zero-order chi connectivity index (χ0) is 11.3. The fourth-order valence-electron chi connectivity index (χ4n) is 1.15. The fourth-order valence-corrected chi connectivity index (χ4v) is 1.15. The molecule has 0 spiro atoms. The minimum atomic E-state index is -1.17. The van der Waals surface area contributed by atoms with Crippen molar-refractivity contribution in [1.29, 1.82) is 0 Å². The first-order chi connectivity index (χ1) is 7.15. The van der Waals surface area contributed by atoms with E-state index in [0.29, 0.717) is 5.56 Å². The molecule has 0 saturated heterocycles. The highest BCUT2D eigenvalue weighted by molar-refractivity contribution is 5.69. The summed E-state index contributed by atoms with van der Waals surface area (Å²) in [5.41, 5.74) is 0.515. The topological polar surface area (TPSA) is 79.7 Å². The number of carbonyl (C=O) groups excluding carboxylic acids is 1. The van der Waals surface area contributed by atoms with Crippen LogP contribution < -0.4 is 0 Å². The van der Waals surface area contributed by atoms with Crippen molar-refractivity contribution in [2.45, 2.75) is 18.6 Å². The number of esters is 1. The summed E-state index contributed by atoms with van der Waals surface area (Å²) in [5, 5.41) is 19.1. The van der Waals surface area contributed by atoms with Gasteiger partial charge in [-0.05, 0) is 17.7 Å². The van der Waals surface area contributed by atoms with Crippen LogP contribution in [-0.2, 0) is 9.53 Å². The van der Waals surface area contributed by atoms with E-state index in [-0.39, 0.29) is 6.42 Å². The molecular weight excluding hydrogens is 198 g/mol. The smallest absolute Gasteiger partial charge is 0.308 e. The van der Waals surface area contributed by atoms with E-state index < -0.39 is 18.2 Å². The van der Waals surface area contributed by atoms with Crippen LogP contribution in [0.5, 0.6) is 0 Å². The minimum absolute atomic E-state index is 0.236. The first kappa shape index (κ1) is 11.6. The van der Waals surface area contributed by atoms with Gasteiger partial charge in [-0.15, -0.1) is 0 Å². The summed E-state index contributed by atoms with van der Waals surface area (Å²) < 4.78 is 4.38. The van der Waals surface area contributed by atoms with Gasteiger partial charge in [0, 0.05) is 12.4 Å². The molecule has 15 heavy (non-hydrogen) atoms. The van der Waals surface area contributed by atoms with Crippen molar-refractivity contribution in [3.05, 3.63) is 30.1 Å². The Morgan fingerprint density at radius 1 is 1.47 bits per heavy atom. The predicted molar refractivity (Wildman–Crippen MR) is 51.8 cm³/mol. The number of hydrogen-bond donors (Lipinski definition) is 2. The summed E-state index contributed by atoms with van der Waals surface area (Å²) in [6.45, 7) is 0. The number of aliphatic hydroxyl groups is 2. The van der Waals surface area contributed by atoms with Gasteiger partial charge in [0.2, 0.25) is 0 Å². The molecule has 5 heteroatoms. The van der Waals surface area contributed by atoms with Crippen LogP contribution in [0, 0.1) is 0 Å². The Balaban J connectivity index is 2.61. The number of rotatable bonds is 4. The van der Waals surface area contributed by atoms with Crippen LogP contribution in [0.3, 0.4) is 0 Å². The molecule has 0 aromatic carbocycles. The van der Waals surface area contributed by atoms with Crippen LogP contribution in [0.25, 0.3) is 0 Å². The maximum absolute atomic E-state index is 10.9. The number of pyridine rings is 1. The second-order valence-electron chi connectivity index (χ2n) is 3.07. The predicted octanol–water partition coefficient (Wildman–Crippen LogP) is 0.0390. The van der Waals surface area contributed by atoms with Crippen LogP contribution in [0.1, 0.15) is 18.1 Å². The second kappa shape index (κ2) is 5.43. The number of methoxy groups -OCH3 is 1. The maximum atomic E-state index is 10.9. The largest absolute Gasteiger partial charge is 0.469 e. The van der Waals surface area contributed by atoms with Gasteiger partial charge in [0.15, 0.2) is 0 Å². The van der Waals surface area contributed by atoms with Crippen molar-refractivity contribution < 1.29 is 19.7 Å². The quantitative estimate of drug-likeness (QED) is 0.687. The summed E-state index contributed by atoms with van der Waals surface area (Å²) in [7, 11) is 1.23. The van der Waals surface area contributed by atoms with Gasteiger partial charge in [0.1, 0.15) is 6.10 Å². The second-order valence-corrected chi connectivity index (χ2v) is 3.07. The van der Waals surface area contributed by atoms with E-state index in [1.165, 1.54) is 19.5 Å². The van der Waals surface area contributed by atoms with Crippen molar-refractivity contribution in [3.63, 3.8) is 0 Å². The molecule has 5 nitrogen and oxygen atoms in total. The highest BCUT2D eigenvalue weighted by atomic mass is 16.5. The first-order valence-corrected chi connectivity index (χ1v) is 4.48. The summed E-state index contributed by atoms with van der Waals surface area (Å²) in [5.74, 6) is -0.560. The molecule has 0 amide bonds. The molecule has 0 aliphatic heterocycles. The molecule has 2 atom stereocenters. The minimum Gasteiger partial charge on any atom is -0.469 e. The van der Waals surface area contributed by atoms with Crippen LogP contribution in [-0.4, -0.2) is 34.4 Å². The average Bonchev–Trinajstić information content (AvgIpc) is 2.29. The number of aliphatic hydroxyl groups excluding tert-OH is 2. The molecule has 0 saturated carbocycles. The third kappa shape index (κ3) is 3.30. The standard InChI is InChI=1S/C10H13NO4/c1-15-9(13)6-8(12)10(14)7-2-4-11-5-3-7/h2-5,8,10,12,14H,6H2,1H3. The van der Waals surface area contributed by atoms with Crippen LogP contribution in [0.2, 0.25) is 0 Å². The Bertz CT molecular complexity index is 314. The molecule has 0 radical (unpaired) electrons. The van der Waals surface area contributed by atoms with E-state index in [0.717, 1.165) is 0 Å². The van der Waals surface area contributed by atoms with Crippen LogP contribution >= 0.6 is 0 Å². The summed E-state index contributed by atoms with van der Waals surface area (Å²) in [6, 6.07) is 3.15. The van der Waals surface area contributed by atoms with Gasteiger partial charge in [0.25, 0.3) is 0 Å². The number of nitrogens with zero attached hydrogens (tertiary/aromatic N) is 1. The third-order valence-electron chi connectivity index (χ3n) is 2.02. The van der Waals surface area contributed by atoms with E-state index >= 15 is 0 Å². The van der Waals surface area contributed by atoms with E-state index in [2.05, 4.69) is 9.72 Å². The molecule has 0 bridgehead atoms. The van der Waals surface area contributed by atoms with Crippen molar-refractivity contribution in [3.8, 4) is 0 Å². The van der Waals surface area contributed by atoms with Gasteiger partial charge in [-0.2, -0.15) is 0 Å². The molecule has 1 aromatic heterocycles. The van der Waals surface area contributed by atoms with Crippen molar-refractivity contribution >= 4 is 5.97 Å². The molecule has 1 aromatic rings. The van der Waals surface area contributed by atoms with Gasteiger partial charge >= 0.3 is 5.97 Å².